The lowest BCUT2D eigenvalue weighted by molar-refractivity contribution is -0.0145. The minimum atomic E-state index is -1.27. The number of aliphatic hydroxyl groups excluding tert-OH is 2. The summed E-state index contributed by atoms with van der Waals surface area (Å²) in [5.74, 6) is 0. The van der Waals surface area contributed by atoms with Gasteiger partial charge in [-0.05, 0) is 0 Å². The number of aliphatic hydroxyl groups is 2. The zero-order valence-corrected chi connectivity index (χ0v) is 10.5. The quantitative estimate of drug-likeness (QED) is 0.330. The highest BCUT2D eigenvalue weighted by atomic mass is 31.2. The predicted octanol–water partition coefficient (Wildman–Crippen LogP) is -2.17. The van der Waals surface area contributed by atoms with Gasteiger partial charge in [0.05, 0.1) is 6.61 Å². The SMILES string of the molecule is COP(NCCN)OCC1OC(N)C(O)C1O. The van der Waals surface area contributed by atoms with E-state index in [9.17, 15) is 10.2 Å². The molecule has 1 aliphatic rings. The van der Waals surface area contributed by atoms with E-state index in [0.29, 0.717) is 13.1 Å². The van der Waals surface area contributed by atoms with Gasteiger partial charge in [-0.2, -0.15) is 0 Å². The Balaban J connectivity index is 2.29. The molecule has 0 saturated carbocycles. The third-order valence-electron chi connectivity index (χ3n) is 2.31. The van der Waals surface area contributed by atoms with E-state index in [-0.39, 0.29) is 6.61 Å². The normalized spacial score (nSPS) is 35.1. The van der Waals surface area contributed by atoms with Crippen LogP contribution in [0.25, 0.3) is 0 Å². The molecule has 0 aromatic heterocycles. The number of nitrogens with two attached hydrogens (primary N) is 2. The monoisotopic (exact) mass is 269 g/mol. The molecule has 0 aliphatic carbocycles. The van der Waals surface area contributed by atoms with Crippen molar-refractivity contribution in [2.45, 2.75) is 24.5 Å². The summed E-state index contributed by atoms with van der Waals surface area (Å²) in [4.78, 5) is 0. The van der Waals surface area contributed by atoms with Crippen LogP contribution >= 0.6 is 8.53 Å². The molecule has 0 aromatic rings. The highest BCUT2D eigenvalue weighted by molar-refractivity contribution is 7.44. The average Bonchev–Trinajstić information content (AvgIpc) is 2.57. The van der Waals surface area contributed by atoms with Gasteiger partial charge < -0.3 is 35.5 Å². The molecule has 7 N–H and O–H groups in total. The van der Waals surface area contributed by atoms with Gasteiger partial charge >= 0.3 is 0 Å². The van der Waals surface area contributed by atoms with Crippen molar-refractivity contribution >= 4 is 8.53 Å². The summed E-state index contributed by atoms with van der Waals surface area (Å²) in [7, 11) is 0.230. The van der Waals surface area contributed by atoms with E-state index >= 15 is 0 Å². The highest BCUT2D eigenvalue weighted by Gasteiger charge is 2.41. The van der Waals surface area contributed by atoms with E-state index in [1.807, 2.05) is 0 Å². The Morgan fingerprint density at radius 3 is 2.59 bits per heavy atom. The Morgan fingerprint density at radius 2 is 2.12 bits per heavy atom. The van der Waals surface area contributed by atoms with Crippen molar-refractivity contribution in [3.8, 4) is 0 Å². The second-order valence-corrected chi connectivity index (χ2v) is 5.01. The lowest BCUT2D eigenvalue weighted by Gasteiger charge is -2.19. The Hall–Kier alpha value is 0.110. The molecule has 0 bridgehead atoms. The minimum Gasteiger partial charge on any atom is -0.387 e. The van der Waals surface area contributed by atoms with Crippen LogP contribution in [0.15, 0.2) is 0 Å². The number of nitrogens with one attached hydrogen (secondary N) is 1. The van der Waals surface area contributed by atoms with Crippen LogP contribution in [0.5, 0.6) is 0 Å². The fourth-order valence-corrected chi connectivity index (χ4v) is 2.29. The maximum absolute atomic E-state index is 9.58. The maximum Gasteiger partial charge on any atom is 0.255 e. The fourth-order valence-electron chi connectivity index (χ4n) is 1.37. The van der Waals surface area contributed by atoms with Crippen LogP contribution in [0.2, 0.25) is 0 Å². The summed E-state index contributed by atoms with van der Waals surface area (Å²) in [6.45, 7) is 1.12. The first-order valence-corrected chi connectivity index (χ1v) is 6.45. The van der Waals surface area contributed by atoms with Crippen LogP contribution in [0.3, 0.4) is 0 Å². The van der Waals surface area contributed by atoms with Crippen molar-refractivity contribution < 1.29 is 24.0 Å². The summed E-state index contributed by atoms with van der Waals surface area (Å²) in [6, 6.07) is 0. The van der Waals surface area contributed by atoms with E-state index in [4.69, 9.17) is 25.3 Å². The molecule has 0 aromatic carbocycles. The third-order valence-corrected chi connectivity index (χ3v) is 3.50. The molecule has 0 amide bonds. The van der Waals surface area contributed by atoms with Gasteiger partial charge in [-0.25, -0.2) is 5.09 Å². The van der Waals surface area contributed by atoms with Gasteiger partial charge in [0.2, 0.25) is 0 Å². The maximum atomic E-state index is 9.58. The van der Waals surface area contributed by atoms with Gasteiger partial charge in [-0.1, -0.05) is 0 Å². The van der Waals surface area contributed by atoms with Crippen molar-refractivity contribution in [1.82, 2.24) is 5.09 Å². The number of rotatable bonds is 7. The second-order valence-electron chi connectivity index (χ2n) is 3.55. The number of hydrogen-bond acceptors (Lipinski definition) is 8. The Kier molecular flexibility index (Phi) is 6.71. The van der Waals surface area contributed by atoms with Crippen LogP contribution in [-0.2, 0) is 13.8 Å². The number of ether oxygens (including phenoxy) is 1. The van der Waals surface area contributed by atoms with Crippen molar-refractivity contribution in [1.29, 1.82) is 0 Å². The second kappa shape index (κ2) is 7.52. The summed E-state index contributed by atoms with van der Waals surface area (Å²) in [5, 5.41) is 21.9. The molecule has 1 fully saturated rings. The molecule has 0 radical (unpaired) electrons. The lowest BCUT2D eigenvalue weighted by atomic mass is 10.1. The van der Waals surface area contributed by atoms with Crippen molar-refractivity contribution in [3.05, 3.63) is 0 Å². The molecular weight excluding hydrogens is 249 g/mol. The smallest absolute Gasteiger partial charge is 0.255 e. The van der Waals surface area contributed by atoms with E-state index in [2.05, 4.69) is 5.09 Å². The Bertz CT molecular complexity index is 225. The minimum absolute atomic E-state index is 0.0864. The van der Waals surface area contributed by atoms with Crippen molar-refractivity contribution in [2.24, 2.45) is 11.5 Å². The van der Waals surface area contributed by atoms with Gasteiger partial charge in [0.25, 0.3) is 8.53 Å². The Labute approximate surface area is 101 Å². The molecule has 9 heteroatoms. The van der Waals surface area contributed by atoms with Gasteiger partial charge in [0, 0.05) is 20.2 Å². The average molecular weight is 269 g/mol. The molecule has 1 aliphatic heterocycles. The van der Waals surface area contributed by atoms with E-state index in [0.717, 1.165) is 0 Å². The van der Waals surface area contributed by atoms with E-state index in [1.165, 1.54) is 7.11 Å². The fraction of sp³-hybridized carbons (Fsp3) is 1.00. The molecule has 5 unspecified atom stereocenters. The zero-order chi connectivity index (χ0) is 12.8. The highest BCUT2D eigenvalue weighted by Crippen LogP contribution is 2.33. The standard InChI is InChI=1S/C8H20N3O5P/c1-14-17(11-3-2-9)15-4-5-6(12)7(13)8(10)16-5/h5-8,11-13H,2-4,9-10H2,1H3. The first-order valence-electron chi connectivity index (χ1n) is 5.28. The Morgan fingerprint density at radius 1 is 1.41 bits per heavy atom. The third kappa shape index (κ3) is 4.36. The first-order chi connectivity index (χ1) is 8.10. The molecule has 1 saturated heterocycles. The van der Waals surface area contributed by atoms with Crippen molar-refractivity contribution in [3.63, 3.8) is 0 Å². The largest absolute Gasteiger partial charge is 0.387 e. The van der Waals surface area contributed by atoms with Gasteiger partial charge in [0.1, 0.15) is 24.5 Å². The van der Waals surface area contributed by atoms with Crippen LogP contribution in [0.1, 0.15) is 0 Å². The number of hydrogen-bond donors (Lipinski definition) is 5. The van der Waals surface area contributed by atoms with Crippen LogP contribution in [0.4, 0.5) is 0 Å². The summed E-state index contributed by atoms with van der Waals surface area (Å²) in [5.41, 5.74) is 10.8. The molecule has 1 rings (SSSR count). The van der Waals surface area contributed by atoms with Crippen LogP contribution < -0.4 is 16.6 Å². The molecule has 0 spiro atoms. The summed E-state index contributed by atoms with van der Waals surface area (Å²) >= 11 is 0. The van der Waals surface area contributed by atoms with E-state index < -0.39 is 33.1 Å². The molecule has 1 heterocycles. The molecule has 8 nitrogen and oxygen atoms in total. The van der Waals surface area contributed by atoms with Gasteiger partial charge in [0.15, 0.2) is 0 Å². The zero-order valence-electron chi connectivity index (χ0n) is 9.65. The molecule has 5 atom stereocenters. The van der Waals surface area contributed by atoms with E-state index in [1.54, 1.807) is 0 Å². The molecule has 17 heavy (non-hydrogen) atoms. The molecule has 102 valence electrons. The first kappa shape index (κ1) is 15.2. The summed E-state index contributed by atoms with van der Waals surface area (Å²) in [6.07, 6.45) is -3.67. The molecular formula is C8H20N3O5P. The predicted molar refractivity (Wildman–Crippen MR) is 61.8 cm³/mol. The summed E-state index contributed by atoms with van der Waals surface area (Å²) < 4.78 is 15.6. The van der Waals surface area contributed by atoms with Crippen molar-refractivity contribution in [2.75, 3.05) is 26.8 Å². The van der Waals surface area contributed by atoms with Gasteiger partial charge in [-0.15, -0.1) is 0 Å². The topological polar surface area (TPSA) is 132 Å². The van der Waals surface area contributed by atoms with Crippen LogP contribution in [-0.4, -0.2) is 61.6 Å². The van der Waals surface area contributed by atoms with Crippen LogP contribution in [0, 0.1) is 0 Å². The lowest BCUT2D eigenvalue weighted by Crippen LogP contribution is -2.37. The van der Waals surface area contributed by atoms with Gasteiger partial charge in [-0.3, -0.25) is 0 Å².